The van der Waals surface area contributed by atoms with Crippen molar-refractivity contribution in [3.63, 3.8) is 0 Å². The molecule has 0 aromatic carbocycles. The van der Waals surface area contributed by atoms with Crippen LogP contribution in [0.1, 0.15) is 33.6 Å². The van der Waals surface area contributed by atoms with Gasteiger partial charge in [-0.25, -0.2) is 0 Å². The normalized spacial score (nSPS) is 31.3. The summed E-state index contributed by atoms with van der Waals surface area (Å²) in [5.74, 6) is 1.74. The first-order valence-electron chi connectivity index (χ1n) is 5.44. The summed E-state index contributed by atoms with van der Waals surface area (Å²) in [4.78, 5) is 4.62. The molecule has 0 saturated heterocycles. The molecular weight excluding hydrogens is 355 g/mol. The van der Waals surface area contributed by atoms with Gasteiger partial charge in [-0.05, 0) is 54.0 Å². The van der Waals surface area contributed by atoms with Gasteiger partial charge in [-0.2, -0.15) is 0 Å². The van der Waals surface area contributed by atoms with Gasteiger partial charge in [0.15, 0.2) is 0 Å². The number of thioether (sulfide) groups is 1. The summed E-state index contributed by atoms with van der Waals surface area (Å²) in [5.41, 5.74) is 6.48. The molecule has 2 N–H and O–H groups in total. The van der Waals surface area contributed by atoms with Crippen molar-refractivity contribution in [1.29, 1.82) is 0 Å². The Bertz CT molecular complexity index is 326. The van der Waals surface area contributed by atoms with Crippen molar-refractivity contribution in [3.05, 3.63) is 9.28 Å². The van der Waals surface area contributed by atoms with E-state index in [0.29, 0.717) is 16.8 Å². The lowest BCUT2D eigenvalue weighted by Crippen LogP contribution is -2.12. The summed E-state index contributed by atoms with van der Waals surface area (Å²) >= 11 is 10.2. The van der Waals surface area contributed by atoms with E-state index in [4.69, 9.17) is 17.3 Å². The van der Waals surface area contributed by atoms with Crippen LogP contribution in [-0.4, -0.2) is 15.8 Å². The zero-order chi connectivity index (χ0) is 12.3. The predicted octanol–water partition coefficient (Wildman–Crippen LogP) is 4.13. The van der Waals surface area contributed by atoms with Crippen LogP contribution in [0.15, 0.2) is 14.3 Å². The standard InChI is InChI=1S/C11H18ClIN2S/c1-4-5-16-11(6-7(11)2)15-10(12)9(14)8(3)13/h7H,4-6,14H2,1-3H3/b9-8-,15-10?/t7?,11-/m0/s1. The maximum absolute atomic E-state index is 6.14. The molecule has 1 unspecified atom stereocenters. The molecule has 0 aromatic rings. The number of nitrogens with two attached hydrogens (primary N) is 1. The van der Waals surface area contributed by atoms with Gasteiger partial charge in [-0.3, -0.25) is 4.99 Å². The van der Waals surface area contributed by atoms with Crippen LogP contribution in [0.4, 0.5) is 0 Å². The minimum atomic E-state index is 0.00377. The third-order valence-corrected chi connectivity index (χ3v) is 5.29. The second-order valence-corrected chi connectivity index (χ2v) is 7.53. The molecule has 1 fully saturated rings. The summed E-state index contributed by atoms with van der Waals surface area (Å²) in [7, 11) is 0. The van der Waals surface area contributed by atoms with Gasteiger partial charge in [0.25, 0.3) is 0 Å². The molecule has 0 aromatic heterocycles. The number of halogens is 2. The van der Waals surface area contributed by atoms with E-state index in [0.717, 1.165) is 15.8 Å². The molecule has 0 bridgehead atoms. The van der Waals surface area contributed by atoms with Crippen LogP contribution in [0.25, 0.3) is 0 Å². The highest BCUT2D eigenvalue weighted by Gasteiger charge is 2.52. The number of hydrogen-bond donors (Lipinski definition) is 1. The molecule has 0 spiro atoms. The Hall–Kier alpha value is 0.580. The van der Waals surface area contributed by atoms with Crippen LogP contribution in [0, 0.1) is 5.92 Å². The van der Waals surface area contributed by atoms with Gasteiger partial charge < -0.3 is 5.73 Å². The van der Waals surface area contributed by atoms with E-state index in [2.05, 4.69) is 41.4 Å². The van der Waals surface area contributed by atoms with Crippen molar-refractivity contribution >= 4 is 51.1 Å². The van der Waals surface area contributed by atoms with E-state index < -0.39 is 0 Å². The number of nitrogens with zero attached hydrogens (tertiary/aromatic N) is 1. The zero-order valence-electron chi connectivity index (χ0n) is 9.89. The van der Waals surface area contributed by atoms with E-state index in [1.807, 2.05) is 18.7 Å². The molecule has 1 rings (SSSR count). The summed E-state index contributed by atoms with van der Waals surface area (Å²) in [6.07, 6.45) is 2.28. The molecule has 0 amide bonds. The monoisotopic (exact) mass is 372 g/mol. The van der Waals surface area contributed by atoms with Crippen molar-refractivity contribution in [2.24, 2.45) is 16.6 Å². The second kappa shape index (κ2) is 5.96. The van der Waals surface area contributed by atoms with Crippen LogP contribution in [0.3, 0.4) is 0 Å². The van der Waals surface area contributed by atoms with Crippen molar-refractivity contribution in [1.82, 2.24) is 0 Å². The highest BCUT2D eigenvalue weighted by molar-refractivity contribution is 14.1. The molecule has 16 heavy (non-hydrogen) atoms. The minimum Gasteiger partial charge on any atom is -0.396 e. The zero-order valence-corrected chi connectivity index (χ0v) is 13.6. The van der Waals surface area contributed by atoms with E-state index in [1.54, 1.807) is 0 Å². The lowest BCUT2D eigenvalue weighted by atomic mass is 10.4. The fourth-order valence-electron chi connectivity index (χ4n) is 1.42. The summed E-state index contributed by atoms with van der Waals surface area (Å²) in [5, 5.41) is 0.472. The number of hydrogen-bond acceptors (Lipinski definition) is 3. The first kappa shape index (κ1) is 14.6. The van der Waals surface area contributed by atoms with Gasteiger partial charge in [0.05, 0.1) is 5.70 Å². The molecule has 2 nitrogen and oxygen atoms in total. The van der Waals surface area contributed by atoms with Gasteiger partial charge in [0.1, 0.15) is 10.0 Å². The maximum Gasteiger partial charge on any atom is 0.148 e. The average molecular weight is 373 g/mol. The average Bonchev–Trinajstić information content (AvgIpc) is 2.85. The van der Waals surface area contributed by atoms with Crippen LogP contribution in [-0.2, 0) is 0 Å². The van der Waals surface area contributed by atoms with Crippen LogP contribution in [0.5, 0.6) is 0 Å². The number of rotatable bonds is 5. The summed E-state index contributed by atoms with van der Waals surface area (Å²) in [6, 6.07) is 0. The molecule has 0 heterocycles. The van der Waals surface area contributed by atoms with Crippen LogP contribution >= 0.6 is 46.0 Å². The minimum absolute atomic E-state index is 0.00377. The Kier molecular flexibility index (Phi) is 5.45. The van der Waals surface area contributed by atoms with Gasteiger partial charge in [-0.15, -0.1) is 11.8 Å². The fraction of sp³-hybridized carbons (Fsp3) is 0.727. The highest BCUT2D eigenvalue weighted by Crippen LogP contribution is 2.55. The van der Waals surface area contributed by atoms with E-state index >= 15 is 0 Å². The third kappa shape index (κ3) is 3.53. The van der Waals surface area contributed by atoms with Gasteiger partial charge in [-0.1, -0.05) is 25.4 Å². The van der Waals surface area contributed by atoms with E-state index in [-0.39, 0.29) is 4.87 Å². The molecule has 2 atom stereocenters. The highest BCUT2D eigenvalue weighted by atomic mass is 127. The largest absolute Gasteiger partial charge is 0.396 e. The maximum atomic E-state index is 6.14. The lowest BCUT2D eigenvalue weighted by Gasteiger charge is -2.12. The van der Waals surface area contributed by atoms with E-state index in [9.17, 15) is 0 Å². The SMILES string of the molecule is CCCS[C@@]1(N=C(Cl)/C(N)=C(\C)I)CC1C. The first-order chi connectivity index (χ1) is 7.43. The van der Waals surface area contributed by atoms with E-state index in [1.165, 1.54) is 6.42 Å². The van der Waals surface area contributed by atoms with Crippen molar-refractivity contribution in [2.75, 3.05) is 5.75 Å². The Morgan fingerprint density at radius 2 is 2.25 bits per heavy atom. The van der Waals surface area contributed by atoms with Gasteiger partial charge in [0, 0.05) is 3.58 Å². The Morgan fingerprint density at radius 1 is 1.69 bits per heavy atom. The van der Waals surface area contributed by atoms with Crippen LogP contribution in [0.2, 0.25) is 0 Å². The molecular formula is C11H18ClIN2S. The summed E-state index contributed by atoms with van der Waals surface area (Å²) < 4.78 is 0.996. The van der Waals surface area contributed by atoms with Gasteiger partial charge in [0.2, 0.25) is 0 Å². The fourth-order valence-corrected chi connectivity index (χ4v) is 3.54. The number of aliphatic imine (C=N–C) groups is 1. The molecule has 92 valence electrons. The van der Waals surface area contributed by atoms with Crippen molar-refractivity contribution < 1.29 is 0 Å². The Labute approximate surface area is 121 Å². The number of allylic oxidation sites excluding steroid dienone is 2. The predicted molar refractivity (Wildman–Crippen MR) is 83.5 cm³/mol. The third-order valence-electron chi connectivity index (χ3n) is 2.65. The van der Waals surface area contributed by atoms with Crippen molar-refractivity contribution in [3.8, 4) is 0 Å². The van der Waals surface area contributed by atoms with Gasteiger partial charge >= 0.3 is 0 Å². The summed E-state index contributed by atoms with van der Waals surface area (Å²) in [6.45, 7) is 6.34. The quantitative estimate of drug-likeness (QED) is 0.582. The molecule has 1 aliphatic carbocycles. The Morgan fingerprint density at radius 3 is 2.62 bits per heavy atom. The second-order valence-electron chi connectivity index (χ2n) is 4.15. The smallest absolute Gasteiger partial charge is 0.148 e. The lowest BCUT2D eigenvalue weighted by molar-refractivity contribution is 0.845. The molecule has 5 heteroatoms. The van der Waals surface area contributed by atoms with Crippen LogP contribution < -0.4 is 5.73 Å². The topological polar surface area (TPSA) is 38.4 Å². The Balaban J connectivity index is 2.77. The first-order valence-corrected chi connectivity index (χ1v) is 7.88. The molecule has 1 saturated carbocycles. The van der Waals surface area contributed by atoms with Crippen molar-refractivity contribution in [2.45, 2.75) is 38.5 Å². The molecule has 1 aliphatic rings. The molecule has 0 radical (unpaired) electrons. The molecule has 0 aliphatic heterocycles.